The van der Waals surface area contributed by atoms with Gasteiger partial charge in [-0.05, 0) is 37.3 Å². The summed E-state index contributed by atoms with van der Waals surface area (Å²) in [6, 6.07) is 17.5. The molecular weight excluding hydrogens is 420 g/mol. The van der Waals surface area contributed by atoms with Crippen molar-refractivity contribution in [1.29, 1.82) is 0 Å². The lowest BCUT2D eigenvalue weighted by atomic mass is 9.94. The van der Waals surface area contributed by atoms with Gasteiger partial charge in [0, 0.05) is 22.7 Å². The van der Waals surface area contributed by atoms with Crippen LogP contribution in [0.25, 0.3) is 17.0 Å². The van der Waals surface area contributed by atoms with Crippen molar-refractivity contribution in [1.82, 2.24) is 20.4 Å². The van der Waals surface area contributed by atoms with E-state index in [4.69, 9.17) is 9.51 Å². The maximum Gasteiger partial charge on any atom is 0.322 e. The number of rotatable bonds is 8. The quantitative estimate of drug-likeness (QED) is 0.331. The van der Waals surface area contributed by atoms with Gasteiger partial charge in [0.15, 0.2) is 0 Å². The van der Waals surface area contributed by atoms with Crippen LogP contribution in [0.15, 0.2) is 69.7 Å². The number of benzene rings is 2. The van der Waals surface area contributed by atoms with Crippen molar-refractivity contribution in [3.05, 3.63) is 71.7 Å². The predicted molar refractivity (Wildman–Crippen MR) is 128 cm³/mol. The summed E-state index contributed by atoms with van der Waals surface area (Å²) in [5, 5.41) is 7.39. The van der Waals surface area contributed by atoms with E-state index in [-0.39, 0.29) is 12.1 Å². The van der Waals surface area contributed by atoms with Crippen LogP contribution in [0.4, 0.5) is 4.79 Å². The van der Waals surface area contributed by atoms with Crippen LogP contribution in [0.1, 0.15) is 50.6 Å². The van der Waals surface area contributed by atoms with Crippen LogP contribution in [-0.4, -0.2) is 33.9 Å². The normalized spacial score (nSPS) is 16.4. The minimum absolute atomic E-state index is 0.0934. The molecule has 166 valence electrons. The maximum atomic E-state index is 13.0. The van der Waals surface area contributed by atoms with E-state index in [9.17, 15) is 4.79 Å². The number of nitrogens with zero attached hydrogens (tertiary/aromatic N) is 3. The Morgan fingerprint density at radius 2 is 1.84 bits per heavy atom. The number of hydrogen-bond donors (Lipinski definition) is 1. The monoisotopic (exact) mass is 448 g/mol. The van der Waals surface area contributed by atoms with Gasteiger partial charge in [-0.3, -0.25) is 4.90 Å². The lowest BCUT2D eigenvalue weighted by Gasteiger charge is -2.35. The molecule has 6 nitrogen and oxygen atoms in total. The highest BCUT2D eigenvalue weighted by atomic mass is 32.2. The predicted octanol–water partition coefficient (Wildman–Crippen LogP) is 6.15. The average Bonchev–Trinajstić information content (AvgIpc) is 3.31. The third kappa shape index (κ3) is 4.58. The Morgan fingerprint density at radius 1 is 1.09 bits per heavy atom. The first-order valence-electron chi connectivity index (χ1n) is 10.9. The Labute approximate surface area is 193 Å². The Balaban J connectivity index is 1.76. The Kier molecular flexibility index (Phi) is 6.95. The Morgan fingerprint density at radius 3 is 2.53 bits per heavy atom. The fourth-order valence-electron chi connectivity index (χ4n) is 3.93. The van der Waals surface area contributed by atoms with Gasteiger partial charge in [0.1, 0.15) is 0 Å². The van der Waals surface area contributed by atoms with Crippen LogP contribution >= 0.6 is 11.8 Å². The van der Waals surface area contributed by atoms with Crippen LogP contribution < -0.4 is 5.32 Å². The summed E-state index contributed by atoms with van der Waals surface area (Å²) in [5.74, 6) is 0.965. The Hall–Kier alpha value is -3.06. The number of carbonyl (C=O) groups excluding carboxylic acids is 1. The van der Waals surface area contributed by atoms with Crippen molar-refractivity contribution in [3.8, 4) is 11.4 Å². The van der Waals surface area contributed by atoms with E-state index in [1.165, 1.54) is 4.90 Å². The number of urea groups is 1. The molecule has 7 heteroatoms. The molecular formula is C25H28N4O2S. The van der Waals surface area contributed by atoms with E-state index in [1.54, 1.807) is 16.7 Å². The fourth-order valence-corrected chi connectivity index (χ4v) is 4.34. The first kappa shape index (κ1) is 22.1. The van der Waals surface area contributed by atoms with Gasteiger partial charge in [0.2, 0.25) is 5.82 Å². The SMILES string of the molecule is CCCCCN1C(=O)NC(c2ccc(SC)cc2)C(c2nc(-c3ccccc3)no2)=C1C. The summed E-state index contributed by atoms with van der Waals surface area (Å²) in [6.07, 6.45) is 5.16. The zero-order valence-corrected chi connectivity index (χ0v) is 19.5. The molecule has 2 heterocycles. The van der Waals surface area contributed by atoms with Crippen molar-refractivity contribution in [2.45, 2.75) is 44.0 Å². The van der Waals surface area contributed by atoms with Crippen molar-refractivity contribution < 1.29 is 9.32 Å². The van der Waals surface area contributed by atoms with Gasteiger partial charge in [-0.15, -0.1) is 11.8 Å². The lowest BCUT2D eigenvalue weighted by Crippen LogP contribution is -2.46. The Bertz CT molecular complexity index is 1090. The summed E-state index contributed by atoms with van der Waals surface area (Å²) >= 11 is 1.69. The molecule has 0 saturated carbocycles. The molecule has 1 aliphatic heterocycles. The summed E-state index contributed by atoms with van der Waals surface area (Å²) in [4.78, 5) is 20.7. The molecule has 2 amide bonds. The molecule has 0 saturated heterocycles. The van der Waals surface area contributed by atoms with Gasteiger partial charge in [-0.2, -0.15) is 4.98 Å². The summed E-state index contributed by atoms with van der Waals surface area (Å²) in [7, 11) is 0. The number of aromatic nitrogens is 2. The van der Waals surface area contributed by atoms with E-state index in [0.29, 0.717) is 18.3 Å². The van der Waals surface area contributed by atoms with Crippen LogP contribution in [0.2, 0.25) is 0 Å². The number of allylic oxidation sites excluding steroid dienone is 1. The second-order valence-corrected chi connectivity index (χ2v) is 8.68. The highest BCUT2D eigenvalue weighted by molar-refractivity contribution is 7.98. The number of amides is 2. The molecule has 1 aliphatic rings. The second kappa shape index (κ2) is 10.0. The molecule has 1 unspecified atom stereocenters. The number of carbonyl (C=O) groups is 1. The van der Waals surface area contributed by atoms with Crippen LogP contribution in [0, 0.1) is 0 Å². The fraction of sp³-hybridized carbons (Fsp3) is 0.320. The van der Waals surface area contributed by atoms with Crippen molar-refractivity contribution in [2.75, 3.05) is 12.8 Å². The summed E-state index contributed by atoms with van der Waals surface area (Å²) < 4.78 is 5.73. The molecule has 0 aliphatic carbocycles. The minimum atomic E-state index is -0.357. The second-order valence-electron chi connectivity index (χ2n) is 7.80. The van der Waals surface area contributed by atoms with E-state index in [1.807, 2.05) is 55.6 Å². The number of thioether (sulfide) groups is 1. The molecule has 32 heavy (non-hydrogen) atoms. The van der Waals surface area contributed by atoms with Crippen molar-refractivity contribution in [2.24, 2.45) is 0 Å². The lowest BCUT2D eigenvalue weighted by molar-refractivity contribution is 0.204. The van der Waals surface area contributed by atoms with Gasteiger partial charge in [0.25, 0.3) is 5.89 Å². The summed E-state index contributed by atoms with van der Waals surface area (Å²) in [6.45, 7) is 4.78. The number of hydrogen-bond acceptors (Lipinski definition) is 5. The van der Waals surface area contributed by atoms with Crippen LogP contribution in [-0.2, 0) is 0 Å². The third-order valence-electron chi connectivity index (χ3n) is 5.72. The van der Waals surface area contributed by atoms with Crippen molar-refractivity contribution >= 4 is 23.4 Å². The number of nitrogens with one attached hydrogen (secondary N) is 1. The highest BCUT2D eigenvalue weighted by Gasteiger charge is 2.35. The first-order valence-corrected chi connectivity index (χ1v) is 12.2. The van der Waals surface area contributed by atoms with Crippen molar-refractivity contribution in [3.63, 3.8) is 0 Å². The average molecular weight is 449 g/mol. The highest BCUT2D eigenvalue weighted by Crippen LogP contribution is 2.37. The van der Waals surface area contributed by atoms with E-state index in [0.717, 1.165) is 41.7 Å². The third-order valence-corrected chi connectivity index (χ3v) is 6.46. The molecule has 4 rings (SSSR count). The zero-order valence-electron chi connectivity index (χ0n) is 18.7. The van der Waals surface area contributed by atoms with Crippen LogP contribution in [0.3, 0.4) is 0 Å². The first-order chi connectivity index (χ1) is 15.6. The van der Waals surface area contributed by atoms with E-state index >= 15 is 0 Å². The standard InChI is InChI=1S/C25H28N4O2S/c1-4-5-9-16-29-17(2)21(24-27-23(28-31-24)19-10-7-6-8-11-19)22(26-25(29)30)18-12-14-20(32-3)15-13-18/h6-8,10-15,22H,4-5,9,16H2,1-3H3,(H,26,30). The molecule has 2 aromatic carbocycles. The van der Waals surface area contributed by atoms with Gasteiger partial charge in [-0.1, -0.05) is 67.4 Å². The minimum Gasteiger partial charge on any atom is -0.334 e. The smallest absolute Gasteiger partial charge is 0.322 e. The molecule has 1 atom stereocenters. The topological polar surface area (TPSA) is 71.3 Å². The van der Waals surface area contributed by atoms with Crippen LogP contribution in [0.5, 0.6) is 0 Å². The summed E-state index contributed by atoms with van der Waals surface area (Å²) in [5.41, 5.74) is 3.57. The molecule has 1 aromatic heterocycles. The molecule has 0 fully saturated rings. The van der Waals surface area contributed by atoms with E-state index < -0.39 is 0 Å². The van der Waals surface area contributed by atoms with Gasteiger partial charge in [0.05, 0.1) is 11.6 Å². The molecule has 3 aromatic rings. The van der Waals surface area contributed by atoms with Gasteiger partial charge < -0.3 is 9.84 Å². The zero-order chi connectivity index (χ0) is 22.5. The molecule has 0 radical (unpaired) electrons. The molecule has 1 N–H and O–H groups in total. The van der Waals surface area contributed by atoms with Gasteiger partial charge >= 0.3 is 6.03 Å². The van der Waals surface area contributed by atoms with Gasteiger partial charge in [-0.25, -0.2) is 4.79 Å². The largest absolute Gasteiger partial charge is 0.334 e. The molecule has 0 spiro atoms. The molecule has 0 bridgehead atoms. The number of unbranched alkanes of at least 4 members (excludes halogenated alkanes) is 2. The maximum absolute atomic E-state index is 13.0. The van der Waals surface area contributed by atoms with E-state index in [2.05, 4.69) is 29.5 Å².